The van der Waals surface area contributed by atoms with Crippen molar-refractivity contribution in [2.24, 2.45) is 11.3 Å². The van der Waals surface area contributed by atoms with Crippen LogP contribution in [0.1, 0.15) is 25.8 Å². The lowest BCUT2D eigenvalue weighted by Crippen LogP contribution is -2.67. The number of nitrogens with one attached hydrogen (secondary N) is 2. The zero-order valence-electron chi connectivity index (χ0n) is 14.6. The second-order valence-corrected chi connectivity index (χ2v) is 7.51. The molecule has 2 amide bonds. The average Bonchev–Trinajstić information content (AvgIpc) is 3.28. The maximum Gasteiger partial charge on any atom is 0.315 e. The minimum atomic E-state index is -0.114. The first-order valence-corrected chi connectivity index (χ1v) is 8.79. The topological polar surface area (TPSA) is 68.2 Å². The Bertz CT molecular complexity index is 757. The summed E-state index contributed by atoms with van der Waals surface area (Å²) in [6.45, 7) is 5.63. The highest BCUT2D eigenvalue weighted by molar-refractivity contribution is 5.74. The Morgan fingerprint density at radius 2 is 2.32 bits per heavy atom. The molecule has 1 aliphatic heterocycles. The van der Waals surface area contributed by atoms with Gasteiger partial charge in [0.15, 0.2) is 0 Å². The van der Waals surface area contributed by atoms with Gasteiger partial charge < -0.3 is 19.9 Å². The zero-order valence-corrected chi connectivity index (χ0v) is 14.6. The van der Waals surface area contributed by atoms with E-state index in [2.05, 4.69) is 35.5 Å². The Kier molecular flexibility index (Phi) is 4.00. The molecular weight excluding hydrogens is 316 g/mol. The Labute approximate surface area is 147 Å². The number of urea groups is 1. The van der Waals surface area contributed by atoms with Gasteiger partial charge >= 0.3 is 6.03 Å². The van der Waals surface area contributed by atoms with E-state index in [0.717, 1.165) is 24.3 Å². The maximum atomic E-state index is 12.3. The summed E-state index contributed by atoms with van der Waals surface area (Å²) in [5.41, 5.74) is 2.08. The van der Waals surface area contributed by atoms with Gasteiger partial charge in [0, 0.05) is 48.6 Å². The van der Waals surface area contributed by atoms with Gasteiger partial charge in [0.05, 0.1) is 12.4 Å². The minimum absolute atomic E-state index is 0.000153. The number of carbonyl (C=O) groups is 1. The van der Waals surface area contributed by atoms with Gasteiger partial charge in [-0.1, -0.05) is 26.0 Å². The van der Waals surface area contributed by atoms with Crippen LogP contribution in [0.4, 0.5) is 4.79 Å². The second kappa shape index (κ2) is 6.19. The number of hydrogen-bond acceptors (Lipinski definition) is 3. The number of aromatic nitrogens is 2. The lowest BCUT2D eigenvalue weighted by molar-refractivity contribution is -0.108. The Morgan fingerprint density at radius 3 is 3.12 bits per heavy atom. The van der Waals surface area contributed by atoms with Gasteiger partial charge in [0.2, 0.25) is 0 Å². The first kappa shape index (κ1) is 16.1. The summed E-state index contributed by atoms with van der Waals surface area (Å²) in [5.74, 6) is 0.449. The molecule has 1 saturated carbocycles. The molecule has 1 aliphatic carbocycles. The minimum Gasteiger partial charge on any atom is -0.377 e. The lowest BCUT2D eigenvalue weighted by Gasteiger charge is -2.54. The molecule has 1 saturated heterocycles. The number of carbonyl (C=O) groups excluding carboxylic acids is 1. The van der Waals surface area contributed by atoms with Crippen LogP contribution in [0.5, 0.6) is 0 Å². The van der Waals surface area contributed by atoms with Crippen LogP contribution in [0.25, 0.3) is 5.69 Å². The van der Waals surface area contributed by atoms with Crippen molar-refractivity contribution in [3.05, 3.63) is 48.5 Å². The number of amides is 2. The lowest BCUT2D eigenvalue weighted by atomic mass is 9.57. The molecule has 2 aromatic rings. The highest BCUT2D eigenvalue weighted by Crippen LogP contribution is 2.52. The van der Waals surface area contributed by atoms with Crippen LogP contribution in [-0.4, -0.2) is 34.3 Å². The van der Waals surface area contributed by atoms with Gasteiger partial charge in [-0.3, -0.25) is 0 Å². The Balaban J connectivity index is 1.34. The van der Waals surface area contributed by atoms with Gasteiger partial charge in [-0.25, -0.2) is 9.78 Å². The van der Waals surface area contributed by atoms with E-state index in [9.17, 15) is 4.79 Å². The standard InChI is InChI=1S/C19H24N4O2/c1-19(2)16(15-6-9-25-17(15)19)22-18(24)21-11-13-4-3-5-14(10-13)23-8-7-20-12-23/h3-5,7-8,10,12,15-17H,6,9,11H2,1-2H3,(H2,21,22,24). The summed E-state index contributed by atoms with van der Waals surface area (Å²) in [5, 5.41) is 6.12. The van der Waals surface area contributed by atoms with Crippen LogP contribution < -0.4 is 10.6 Å². The number of benzene rings is 1. The molecule has 2 N–H and O–H groups in total. The predicted molar refractivity (Wildman–Crippen MR) is 94.4 cm³/mol. The maximum absolute atomic E-state index is 12.3. The van der Waals surface area contributed by atoms with Gasteiger partial charge in [-0.05, 0) is 24.1 Å². The molecule has 2 aliphatic rings. The monoisotopic (exact) mass is 340 g/mol. The van der Waals surface area contributed by atoms with Crippen molar-refractivity contribution in [2.75, 3.05) is 6.61 Å². The average molecular weight is 340 g/mol. The fourth-order valence-electron chi connectivity index (χ4n) is 4.23. The number of rotatable bonds is 4. The van der Waals surface area contributed by atoms with Gasteiger partial charge in [0.1, 0.15) is 0 Å². The molecule has 6 nitrogen and oxygen atoms in total. The quantitative estimate of drug-likeness (QED) is 0.898. The number of fused-ring (bicyclic) bond motifs is 1. The van der Waals surface area contributed by atoms with E-state index in [-0.39, 0.29) is 23.6 Å². The van der Waals surface area contributed by atoms with E-state index >= 15 is 0 Å². The zero-order chi connectivity index (χ0) is 17.4. The van der Waals surface area contributed by atoms with E-state index in [4.69, 9.17) is 4.74 Å². The summed E-state index contributed by atoms with van der Waals surface area (Å²) >= 11 is 0. The van der Waals surface area contributed by atoms with Crippen LogP contribution in [0.2, 0.25) is 0 Å². The summed E-state index contributed by atoms with van der Waals surface area (Å²) in [7, 11) is 0. The molecular formula is C19H24N4O2. The second-order valence-electron chi connectivity index (χ2n) is 7.51. The molecule has 0 spiro atoms. The third kappa shape index (κ3) is 2.91. The first-order valence-electron chi connectivity index (χ1n) is 8.79. The first-order chi connectivity index (χ1) is 12.1. The fraction of sp³-hybridized carbons (Fsp3) is 0.474. The molecule has 25 heavy (non-hydrogen) atoms. The molecule has 3 unspecified atom stereocenters. The van der Waals surface area contributed by atoms with Gasteiger partial charge in [-0.15, -0.1) is 0 Å². The molecule has 4 rings (SSSR count). The van der Waals surface area contributed by atoms with Crippen molar-refractivity contribution < 1.29 is 9.53 Å². The molecule has 2 heterocycles. The predicted octanol–water partition coefficient (Wildman–Crippen LogP) is 2.49. The Hall–Kier alpha value is -2.34. The SMILES string of the molecule is CC1(C)C(NC(=O)NCc2cccc(-n3ccnc3)c2)C2CCOC21. The van der Waals surface area contributed by atoms with E-state index in [1.807, 2.05) is 29.0 Å². The fourth-order valence-corrected chi connectivity index (χ4v) is 4.23. The van der Waals surface area contributed by atoms with Crippen molar-refractivity contribution >= 4 is 6.03 Å². The van der Waals surface area contributed by atoms with E-state index in [1.54, 1.807) is 12.5 Å². The third-order valence-corrected chi connectivity index (χ3v) is 5.55. The third-order valence-electron chi connectivity index (χ3n) is 5.55. The summed E-state index contributed by atoms with van der Waals surface area (Å²) in [4.78, 5) is 16.4. The molecule has 0 radical (unpaired) electrons. The van der Waals surface area contributed by atoms with E-state index < -0.39 is 0 Å². The highest BCUT2D eigenvalue weighted by atomic mass is 16.5. The van der Waals surface area contributed by atoms with Crippen LogP contribution in [0.3, 0.4) is 0 Å². The summed E-state index contributed by atoms with van der Waals surface area (Å²) in [6.07, 6.45) is 6.73. The number of hydrogen-bond donors (Lipinski definition) is 2. The van der Waals surface area contributed by atoms with Crippen LogP contribution >= 0.6 is 0 Å². The normalized spacial score (nSPS) is 26.6. The highest BCUT2D eigenvalue weighted by Gasteiger charge is 2.59. The smallest absolute Gasteiger partial charge is 0.315 e. The largest absolute Gasteiger partial charge is 0.377 e. The molecule has 1 aromatic carbocycles. The molecule has 1 aromatic heterocycles. The van der Waals surface area contributed by atoms with E-state index in [1.165, 1.54) is 0 Å². The summed E-state index contributed by atoms with van der Waals surface area (Å²) < 4.78 is 7.72. The van der Waals surface area contributed by atoms with Crippen molar-refractivity contribution in [1.82, 2.24) is 20.2 Å². The van der Waals surface area contributed by atoms with Crippen LogP contribution in [0, 0.1) is 11.3 Å². The number of ether oxygens (including phenoxy) is 1. The van der Waals surface area contributed by atoms with Crippen molar-refractivity contribution in [1.29, 1.82) is 0 Å². The van der Waals surface area contributed by atoms with Gasteiger partial charge in [0.25, 0.3) is 0 Å². The molecule has 6 heteroatoms. The van der Waals surface area contributed by atoms with Crippen LogP contribution in [-0.2, 0) is 11.3 Å². The molecule has 2 fully saturated rings. The van der Waals surface area contributed by atoms with Crippen LogP contribution in [0.15, 0.2) is 43.0 Å². The number of imidazole rings is 1. The van der Waals surface area contributed by atoms with Crippen molar-refractivity contribution in [2.45, 2.75) is 39.0 Å². The molecule has 0 bridgehead atoms. The van der Waals surface area contributed by atoms with Gasteiger partial charge in [-0.2, -0.15) is 0 Å². The molecule has 132 valence electrons. The number of nitrogens with zero attached hydrogens (tertiary/aromatic N) is 2. The van der Waals surface area contributed by atoms with Crippen molar-refractivity contribution in [3.63, 3.8) is 0 Å². The van der Waals surface area contributed by atoms with E-state index in [0.29, 0.717) is 12.5 Å². The van der Waals surface area contributed by atoms with Crippen molar-refractivity contribution in [3.8, 4) is 5.69 Å². The molecule has 3 atom stereocenters. The summed E-state index contributed by atoms with van der Waals surface area (Å²) in [6, 6.07) is 8.13. The Morgan fingerprint density at radius 1 is 1.44 bits per heavy atom.